The zero-order valence-electron chi connectivity index (χ0n) is 18.5. The Morgan fingerprint density at radius 3 is 1.91 bits per heavy atom. The van der Waals surface area contributed by atoms with Gasteiger partial charge in [0, 0.05) is 11.8 Å². The monoisotopic (exact) mass is 438 g/mol. The van der Waals surface area contributed by atoms with Crippen LogP contribution in [-0.2, 0) is 15.9 Å². The van der Waals surface area contributed by atoms with E-state index >= 15 is 0 Å². The molecule has 4 heteroatoms. The van der Waals surface area contributed by atoms with E-state index in [1.165, 1.54) is 16.7 Å². The second-order valence-corrected chi connectivity index (χ2v) is 9.63. The maximum atomic E-state index is 13.0. The van der Waals surface area contributed by atoms with Gasteiger partial charge in [0.15, 0.2) is 0 Å². The highest BCUT2D eigenvalue weighted by Crippen LogP contribution is 2.62. The Kier molecular flexibility index (Phi) is 4.83. The number of hydrogen-bond donors (Lipinski definition) is 0. The third-order valence-electron chi connectivity index (χ3n) is 7.80. The van der Waals surface area contributed by atoms with Gasteiger partial charge in [-0.05, 0) is 67.0 Å². The van der Waals surface area contributed by atoms with Gasteiger partial charge in [0.25, 0.3) is 0 Å². The van der Waals surface area contributed by atoms with Gasteiger partial charge in [0.1, 0.15) is 12.2 Å². The summed E-state index contributed by atoms with van der Waals surface area (Å²) in [5.41, 5.74) is 5.08. The van der Waals surface area contributed by atoms with Crippen molar-refractivity contribution >= 4 is 11.9 Å². The number of hydrogen-bond acceptors (Lipinski definition) is 4. The van der Waals surface area contributed by atoms with Crippen LogP contribution < -0.4 is 0 Å². The molecule has 2 saturated carbocycles. The second kappa shape index (κ2) is 7.87. The average molecular weight is 439 g/mol. The molecule has 0 spiro atoms. The molecule has 166 valence electrons. The van der Waals surface area contributed by atoms with Crippen molar-refractivity contribution < 1.29 is 19.1 Å². The van der Waals surface area contributed by atoms with Crippen molar-refractivity contribution in [3.8, 4) is 0 Å². The maximum Gasteiger partial charge on any atom is 0.338 e. The van der Waals surface area contributed by atoms with Crippen LogP contribution in [0.1, 0.15) is 49.7 Å². The average Bonchev–Trinajstić information content (AvgIpc) is 3.49. The highest BCUT2D eigenvalue weighted by atomic mass is 16.6. The number of rotatable bonds is 4. The highest BCUT2D eigenvalue weighted by Gasteiger charge is 2.63. The summed E-state index contributed by atoms with van der Waals surface area (Å²) in [6, 6.07) is 24.8. The van der Waals surface area contributed by atoms with E-state index in [1.807, 2.05) is 36.4 Å². The van der Waals surface area contributed by atoms with Gasteiger partial charge in [-0.3, -0.25) is 0 Å². The molecule has 0 N–H and O–H groups in total. The maximum absolute atomic E-state index is 13.0. The summed E-state index contributed by atoms with van der Waals surface area (Å²) in [7, 11) is 0. The number of esters is 2. The largest absolute Gasteiger partial charge is 0.455 e. The molecule has 3 aromatic carbocycles. The molecule has 33 heavy (non-hydrogen) atoms. The summed E-state index contributed by atoms with van der Waals surface area (Å²) in [5.74, 6) is 0.418. The summed E-state index contributed by atoms with van der Waals surface area (Å²) < 4.78 is 12.2. The first-order valence-electron chi connectivity index (χ1n) is 11.7. The third-order valence-corrected chi connectivity index (χ3v) is 7.80. The molecule has 6 rings (SSSR count). The Hall–Kier alpha value is -3.40. The number of fused-ring (bicyclic) bond motifs is 7. The molecule has 0 radical (unpaired) electrons. The Morgan fingerprint density at radius 2 is 1.30 bits per heavy atom. The lowest BCUT2D eigenvalue weighted by atomic mass is 9.76. The molecule has 0 aliphatic heterocycles. The first-order chi connectivity index (χ1) is 16.1. The smallest absolute Gasteiger partial charge is 0.338 e. The molecule has 0 heterocycles. The fraction of sp³-hybridized carbons (Fsp3) is 0.310. The molecule has 0 amide bonds. The molecule has 3 aromatic rings. The Labute approximate surface area is 193 Å². The van der Waals surface area contributed by atoms with Gasteiger partial charge in [-0.15, -0.1) is 0 Å². The normalized spacial score (nSPS) is 28.8. The van der Waals surface area contributed by atoms with Crippen LogP contribution in [-0.4, -0.2) is 24.1 Å². The van der Waals surface area contributed by atoms with Crippen LogP contribution in [0.25, 0.3) is 0 Å². The summed E-state index contributed by atoms with van der Waals surface area (Å²) in [4.78, 5) is 26.0. The number of benzene rings is 3. The van der Waals surface area contributed by atoms with E-state index in [-0.39, 0.29) is 23.8 Å². The van der Waals surface area contributed by atoms with Crippen LogP contribution in [0.3, 0.4) is 0 Å². The van der Waals surface area contributed by atoms with Gasteiger partial charge >= 0.3 is 11.9 Å². The topological polar surface area (TPSA) is 52.6 Å². The van der Waals surface area contributed by atoms with Crippen molar-refractivity contribution in [2.24, 2.45) is 17.8 Å². The summed E-state index contributed by atoms with van der Waals surface area (Å²) >= 11 is 0. The van der Waals surface area contributed by atoms with E-state index in [1.54, 1.807) is 24.3 Å². The minimum absolute atomic E-state index is 0.158. The first kappa shape index (κ1) is 20.2. The molecule has 2 bridgehead atoms. The van der Waals surface area contributed by atoms with Crippen LogP contribution in [0.15, 0.2) is 78.9 Å². The van der Waals surface area contributed by atoms with Gasteiger partial charge in [-0.2, -0.15) is 0 Å². The highest BCUT2D eigenvalue weighted by molar-refractivity contribution is 5.90. The standard InChI is InChI=1S/C29H26O4/c1-17-12-13-21-20(14-17)15-22-23-16-24(25(21)22)27(33-29(31)19-10-6-3-7-11-19)26(23)32-28(30)18-8-4-2-5-9-18/h2-14,22-27H,15-16H2,1H3/t22-,23?,24?,25?,26?,27?/m0/s1. The summed E-state index contributed by atoms with van der Waals surface area (Å²) in [6.07, 6.45) is 1.06. The van der Waals surface area contributed by atoms with Gasteiger partial charge in [0.05, 0.1) is 11.1 Å². The van der Waals surface area contributed by atoms with E-state index in [0.29, 0.717) is 23.0 Å². The fourth-order valence-electron chi connectivity index (χ4n) is 6.49. The van der Waals surface area contributed by atoms with Crippen LogP contribution in [0.4, 0.5) is 0 Å². The third kappa shape index (κ3) is 3.36. The Bertz CT molecular complexity index is 1200. The van der Waals surface area contributed by atoms with Gasteiger partial charge in [0.2, 0.25) is 0 Å². The molecule has 0 saturated heterocycles. The zero-order chi connectivity index (χ0) is 22.5. The SMILES string of the molecule is Cc1ccc2c(c1)C[C@H]1C3CC(C(OC(=O)c4ccccc4)C3OC(=O)c3ccccc3)C21. The van der Waals surface area contributed by atoms with E-state index in [2.05, 4.69) is 25.1 Å². The summed E-state index contributed by atoms with van der Waals surface area (Å²) in [6.45, 7) is 2.12. The van der Waals surface area contributed by atoms with Crippen molar-refractivity contribution in [3.63, 3.8) is 0 Å². The van der Waals surface area contributed by atoms with Crippen molar-refractivity contribution in [3.05, 3.63) is 107 Å². The minimum atomic E-state index is -0.441. The van der Waals surface area contributed by atoms with Gasteiger partial charge in [-0.1, -0.05) is 60.2 Å². The molecule has 5 unspecified atom stereocenters. The minimum Gasteiger partial charge on any atom is -0.455 e. The fourth-order valence-corrected chi connectivity index (χ4v) is 6.49. The lowest BCUT2D eigenvalue weighted by Crippen LogP contribution is -2.45. The molecule has 3 aliphatic carbocycles. The van der Waals surface area contributed by atoms with E-state index in [9.17, 15) is 9.59 Å². The quantitative estimate of drug-likeness (QED) is 0.515. The Morgan fingerprint density at radius 1 is 0.727 bits per heavy atom. The Balaban J connectivity index is 1.32. The molecule has 4 nitrogen and oxygen atoms in total. The van der Waals surface area contributed by atoms with Gasteiger partial charge < -0.3 is 9.47 Å². The lowest BCUT2D eigenvalue weighted by molar-refractivity contribution is -0.0698. The zero-order valence-corrected chi connectivity index (χ0v) is 18.5. The molecule has 2 fully saturated rings. The molecule has 0 aromatic heterocycles. The van der Waals surface area contributed by atoms with Crippen LogP contribution in [0.5, 0.6) is 0 Å². The van der Waals surface area contributed by atoms with Gasteiger partial charge in [-0.25, -0.2) is 9.59 Å². The van der Waals surface area contributed by atoms with E-state index in [4.69, 9.17) is 9.47 Å². The number of ether oxygens (including phenoxy) is 2. The van der Waals surface area contributed by atoms with Crippen molar-refractivity contribution in [1.29, 1.82) is 0 Å². The number of carbonyl (C=O) groups excluding carboxylic acids is 2. The molecular weight excluding hydrogens is 412 g/mol. The van der Waals surface area contributed by atoms with Crippen molar-refractivity contribution in [1.82, 2.24) is 0 Å². The predicted octanol–water partition coefficient (Wildman–Crippen LogP) is 5.35. The van der Waals surface area contributed by atoms with Crippen LogP contribution in [0.2, 0.25) is 0 Å². The lowest BCUT2D eigenvalue weighted by Gasteiger charge is -2.37. The molecular formula is C29H26O4. The number of aryl methyl sites for hydroxylation is 1. The van der Waals surface area contributed by atoms with Crippen molar-refractivity contribution in [2.75, 3.05) is 0 Å². The summed E-state index contributed by atoms with van der Waals surface area (Å²) in [5, 5.41) is 0. The van der Waals surface area contributed by atoms with Crippen molar-refractivity contribution in [2.45, 2.75) is 37.9 Å². The first-order valence-corrected chi connectivity index (χ1v) is 11.7. The number of carbonyl (C=O) groups is 2. The molecule has 3 aliphatic rings. The molecule has 6 atom stereocenters. The van der Waals surface area contributed by atoms with Crippen LogP contribution in [0, 0.1) is 24.7 Å². The van der Waals surface area contributed by atoms with E-state index in [0.717, 1.165) is 12.8 Å². The second-order valence-electron chi connectivity index (χ2n) is 9.63. The van der Waals surface area contributed by atoms with Crippen LogP contribution >= 0.6 is 0 Å². The predicted molar refractivity (Wildman–Crippen MR) is 124 cm³/mol. The van der Waals surface area contributed by atoms with E-state index < -0.39 is 12.2 Å².